The summed E-state index contributed by atoms with van der Waals surface area (Å²) in [4.78, 5) is 11.7. The standard InChI is InChI=1S/C14H20O3/c1-4-12(14(16)17-5-2)13(15)11-8-6-10(3)7-9-11/h6-9,12-13,15H,4-5H2,1-3H3. The number of hydrogen-bond donors (Lipinski definition) is 1. The van der Waals surface area contributed by atoms with Crippen LogP contribution in [-0.4, -0.2) is 17.7 Å². The molecule has 17 heavy (non-hydrogen) atoms. The van der Waals surface area contributed by atoms with Crippen LogP contribution in [0.3, 0.4) is 0 Å². The van der Waals surface area contributed by atoms with E-state index in [-0.39, 0.29) is 5.97 Å². The molecule has 3 heteroatoms. The quantitative estimate of drug-likeness (QED) is 0.799. The average molecular weight is 236 g/mol. The lowest BCUT2D eigenvalue weighted by molar-refractivity contribution is -0.152. The van der Waals surface area contributed by atoms with Crippen molar-refractivity contribution in [2.24, 2.45) is 5.92 Å². The minimum atomic E-state index is -0.792. The summed E-state index contributed by atoms with van der Waals surface area (Å²) in [5.74, 6) is -0.819. The number of aryl methyl sites for hydroxylation is 1. The Labute approximate surface area is 102 Å². The largest absolute Gasteiger partial charge is 0.466 e. The third kappa shape index (κ3) is 3.56. The summed E-state index contributed by atoms with van der Waals surface area (Å²) in [6.07, 6.45) is -0.229. The third-order valence-electron chi connectivity index (χ3n) is 2.83. The molecular formula is C14H20O3. The summed E-state index contributed by atoms with van der Waals surface area (Å²) in [5, 5.41) is 10.2. The molecule has 0 saturated carbocycles. The maximum Gasteiger partial charge on any atom is 0.311 e. The number of esters is 1. The van der Waals surface area contributed by atoms with Gasteiger partial charge in [0.05, 0.1) is 18.6 Å². The molecule has 0 saturated heterocycles. The Morgan fingerprint density at radius 2 is 1.88 bits per heavy atom. The number of benzene rings is 1. The van der Waals surface area contributed by atoms with Crippen LogP contribution in [0.1, 0.15) is 37.5 Å². The fourth-order valence-electron chi connectivity index (χ4n) is 1.76. The van der Waals surface area contributed by atoms with Gasteiger partial charge in [-0.25, -0.2) is 0 Å². The molecule has 1 aromatic rings. The predicted octanol–water partition coefficient (Wildman–Crippen LogP) is 2.62. The van der Waals surface area contributed by atoms with Gasteiger partial charge in [-0.15, -0.1) is 0 Å². The van der Waals surface area contributed by atoms with Crippen LogP contribution < -0.4 is 0 Å². The molecule has 0 aliphatic rings. The van der Waals surface area contributed by atoms with E-state index in [2.05, 4.69) is 0 Å². The zero-order valence-electron chi connectivity index (χ0n) is 10.6. The average Bonchev–Trinajstić information content (AvgIpc) is 2.31. The van der Waals surface area contributed by atoms with Gasteiger partial charge in [0.1, 0.15) is 0 Å². The predicted molar refractivity (Wildman–Crippen MR) is 66.6 cm³/mol. The van der Waals surface area contributed by atoms with Crippen LogP contribution in [-0.2, 0) is 9.53 Å². The highest BCUT2D eigenvalue weighted by Crippen LogP contribution is 2.26. The van der Waals surface area contributed by atoms with E-state index < -0.39 is 12.0 Å². The van der Waals surface area contributed by atoms with Gasteiger partial charge in [-0.3, -0.25) is 4.79 Å². The van der Waals surface area contributed by atoms with Crippen molar-refractivity contribution < 1.29 is 14.6 Å². The number of carbonyl (C=O) groups is 1. The van der Waals surface area contributed by atoms with Crippen LogP contribution in [0.25, 0.3) is 0 Å². The lowest BCUT2D eigenvalue weighted by Crippen LogP contribution is -2.24. The van der Waals surface area contributed by atoms with E-state index in [0.717, 1.165) is 11.1 Å². The third-order valence-corrected chi connectivity index (χ3v) is 2.83. The molecular weight excluding hydrogens is 216 g/mol. The van der Waals surface area contributed by atoms with E-state index >= 15 is 0 Å². The highest BCUT2D eigenvalue weighted by atomic mass is 16.5. The molecule has 0 spiro atoms. The number of hydrogen-bond acceptors (Lipinski definition) is 3. The molecule has 0 fully saturated rings. The van der Waals surface area contributed by atoms with Crippen LogP contribution in [0.15, 0.2) is 24.3 Å². The fourth-order valence-corrected chi connectivity index (χ4v) is 1.76. The van der Waals surface area contributed by atoms with Gasteiger partial charge in [0.15, 0.2) is 0 Å². The van der Waals surface area contributed by atoms with Crippen LogP contribution in [0, 0.1) is 12.8 Å². The van der Waals surface area contributed by atoms with Crippen molar-refractivity contribution in [3.8, 4) is 0 Å². The van der Waals surface area contributed by atoms with Crippen LogP contribution in [0.4, 0.5) is 0 Å². The number of aliphatic hydroxyl groups excluding tert-OH is 1. The highest BCUT2D eigenvalue weighted by molar-refractivity contribution is 5.73. The van der Waals surface area contributed by atoms with Gasteiger partial charge >= 0.3 is 5.97 Å². The van der Waals surface area contributed by atoms with E-state index in [1.807, 2.05) is 38.1 Å². The van der Waals surface area contributed by atoms with Gasteiger partial charge in [-0.1, -0.05) is 36.8 Å². The molecule has 94 valence electrons. The van der Waals surface area contributed by atoms with Crippen molar-refractivity contribution in [3.05, 3.63) is 35.4 Å². The molecule has 0 aromatic heterocycles. The second-order valence-electron chi connectivity index (χ2n) is 4.12. The molecule has 2 atom stereocenters. The molecule has 3 nitrogen and oxygen atoms in total. The van der Waals surface area contributed by atoms with Crippen molar-refractivity contribution in [1.82, 2.24) is 0 Å². The zero-order valence-corrected chi connectivity index (χ0v) is 10.6. The Bertz CT molecular complexity index is 356. The van der Waals surface area contributed by atoms with Gasteiger partial charge in [0.2, 0.25) is 0 Å². The Morgan fingerprint density at radius 3 is 2.35 bits per heavy atom. The summed E-state index contributed by atoms with van der Waals surface area (Å²) in [6, 6.07) is 7.55. The van der Waals surface area contributed by atoms with Gasteiger partial charge in [-0.2, -0.15) is 0 Å². The molecule has 2 unspecified atom stereocenters. The lowest BCUT2D eigenvalue weighted by Gasteiger charge is -2.20. The van der Waals surface area contributed by atoms with Crippen molar-refractivity contribution in [1.29, 1.82) is 0 Å². The molecule has 1 aromatic carbocycles. The SMILES string of the molecule is CCOC(=O)C(CC)C(O)c1ccc(C)cc1. The normalized spacial score (nSPS) is 14.1. The van der Waals surface area contributed by atoms with Crippen molar-refractivity contribution in [2.45, 2.75) is 33.3 Å². The minimum absolute atomic E-state index is 0.330. The summed E-state index contributed by atoms with van der Waals surface area (Å²) >= 11 is 0. The monoisotopic (exact) mass is 236 g/mol. The van der Waals surface area contributed by atoms with Crippen LogP contribution >= 0.6 is 0 Å². The second-order valence-corrected chi connectivity index (χ2v) is 4.12. The minimum Gasteiger partial charge on any atom is -0.466 e. The van der Waals surface area contributed by atoms with Crippen molar-refractivity contribution >= 4 is 5.97 Å². The molecule has 1 rings (SSSR count). The second kappa shape index (κ2) is 6.40. The van der Waals surface area contributed by atoms with E-state index in [1.165, 1.54) is 0 Å². The molecule has 0 aliphatic carbocycles. The van der Waals surface area contributed by atoms with Crippen molar-refractivity contribution in [3.63, 3.8) is 0 Å². The summed E-state index contributed by atoms with van der Waals surface area (Å²) < 4.78 is 4.96. The maximum atomic E-state index is 11.7. The first-order valence-corrected chi connectivity index (χ1v) is 6.01. The Morgan fingerprint density at radius 1 is 1.29 bits per heavy atom. The molecule has 0 amide bonds. The van der Waals surface area contributed by atoms with Gasteiger partial charge < -0.3 is 9.84 Å². The first kappa shape index (κ1) is 13.7. The number of rotatable bonds is 5. The molecule has 1 N–H and O–H groups in total. The smallest absolute Gasteiger partial charge is 0.311 e. The Hall–Kier alpha value is -1.35. The molecule has 0 heterocycles. The van der Waals surface area contributed by atoms with E-state index in [1.54, 1.807) is 6.92 Å². The Kier molecular flexibility index (Phi) is 5.16. The van der Waals surface area contributed by atoms with Crippen LogP contribution in [0.5, 0.6) is 0 Å². The van der Waals surface area contributed by atoms with E-state index in [4.69, 9.17) is 4.74 Å². The van der Waals surface area contributed by atoms with Gasteiger partial charge in [0.25, 0.3) is 0 Å². The molecule has 0 radical (unpaired) electrons. The topological polar surface area (TPSA) is 46.5 Å². The van der Waals surface area contributed by atoms with Crippen molar-refractivity contribution in [2.75, 3.05) is 6.61 Å². The van der Waals surface area contributed by atoms with E-state index in [9.17, 15) is 9.90 Å². The van der Waals surface area contributed by atoms with E-state index in [0.29, 0.717) is 13.0 Å². The molecule has 0 aliphatic heterocycles. The maximum absolute atomic E-state index is 11.7. The summed E-state index contributed by atoms with van der Waals surface area (Å²) in [7, 11) is 0. The Balaban J connectivity index is 2.81. The number of aliphatic hydroxyl groups is 1. The lowest BCUT2D eigenvalue weighted by atomic mass is 9.93. The molecule has 0 bridgehead atoms. The first-order valence-electron chi connectivity index (χ1n) is 6.01. The van der Waals surface area contributed by atoms with Gasteiger partial charge in [-0.05, 0) is 25.8 Å². The zero-order chi connectivity index (χ0) is 12.8. The number of carbonyl (C=O) groups excluding carboxylic acids is 1. The highest BCUT2D eigenvalue weighted by Gasteiger charge is 2.27. The first-order chi connectivity index (χ1) is 8.10. The summed E-state index contributed by atoms with van der Waals surface area (Å²) in [5.41, 5.74) is 1.89. The van der Waals surface area contributed by atoms with Crippen LogP contribution in [0.2, 0.25) is 0 Å². The van der Waals surface area contributed by atoms with Gasteiger partial charge in [0, 0.05) is 0 Å². The fraction of sp³-hybridized carbons (Fsp3) is 0.500. The summed E-state index contributed by atoms with van der Waals surface area (Å²) in [6.45, 7) is 5.97. The number of ether oxygens (including phenoxy) is 1.